The van der Waals surface area contributed by atoms with E-state index in [1.165, 1.54) is 0 Å². The number of carbonyl (C=O) groups excluding carboxylic acids is 1. The molecule has 4 heteroatoms. The average Bonchev–Trinajstić information content (AvgIpc) is 2.55. The zero-order valence-electron chi connectivity index (χ0n) is 15.6. The number of carbonyl (C=O) groups is 1. The highest BCUT2D eigenvalue weighted by Gasteiger charge is 2.45. The lowest BCUT2D eigenvalue weighted by atomic mass is 9.77. The van der Waals surface area contributed by atoms with Crippen LogP contribution in [0.5, 0.6) is 0 Å². The summed E-state index contributed by atoms with van der Waals surface area (Å²) in [5, 5.41) is 0. The molecule has 3 radical (unpaired) electrons. The summed E-state index contributed by atoms with van der Waals surface area (Å²) >= 11 is 0. The molecule has 0 heterocycles. The van der Waals surface area contributed by atoms with E-state index >= 15 is 0 Å². The number of nitrogens with zero attached hydrogens (tertiary/aromatic N) is 1. The fourth-order valence-corrected chi connectivity index (χ4v) is 4.14. The number of rotatable bonds is 5. The highest BCUT2D eigenvalue weighted by molar-refractivity contribution is 6.07. The number of benzene rings is 2. The summed E-state index contributed by atoms with van der Waals surface area (Å²) in [4.78, 5) is 15.2. The predicted octanol–water partition coefficient (Wildman–Crippen LogP) is 4.63. The Bertz CT molecular complexity index is 693. The summed E-state index contributed by atoms with van der Waals surface area (Å²) in [6, 6.07) is 19.1. The lowest BCUT2D eigenvalue weighted by Gasteiger charge is -2.48. The van der Waals surface area contributed by atoms with Gasteiger partial charge in [-0.1, -0.05) is 57.2 Å². The molecule has 1 unspecified atom stereocenters. The van der Waals surface area contributed by atoms with Crippen LogP contribution < -0.4 is 4.90 Å². The Labute approximate surface area is 154 Å². The van der Waals surface area contributed by atoms with Crippen LogP contribution in [-0.4, -0.2) is 28.0 Å². The second kappa shape index (κ2) is 7.54. The minimum Gasteiger partial charge on any atom is -0.413 e. The van der Waals surface area contributed by atoms with Crippen LogP contribution in [0.1, 0.15) is 45.0 Å². The van der Waals surface area contributed by atoms with Gasteiger partial charge in [0.25, 0.3) is 5.91 Å². The van der Waals surface area contributed by atoms with Gasteiger partial charge in [0, 0.05) is 11.3 Å². The van der Waals surface area contributed by atoms with E-state index in [-0.39, 0.29) is 17.4 Å². The maximum atomic E-state index is 13.4. The largest absolute Gasteiger partial charge is 0.413 e. The van der Waals surface area contributed by atoms with E-state index < -0.39 is 5.54 Å². The highest BCUT2D eigenvalue weighted by Crippen LogP contribution is 2.37. The fraction of sp³-hybridized carbons (Fsp3) is 0.381. The second-order valence-corrected chi connectivity index (χ2v) is 8.10. The van der Waals surface area contributed by atoms with Crippen molar-refractivity contribution in [2.75, 3.05) is 4.90 Å². The quantitative estimate of drug-likeness (QED) is 0.735. The summed E-state index contributed by atoms with van der Waals surface area (Å²) in [6.45, 7) is 10.4. The molecule has 0 spiro atoms. The summed E-state index contributed by atoms with van der Waals surface area (Å²) in [5.74, 6) is -0.0465. The van der Waals surface area contributed by atoms with E-state index in [1.54, 1.807) is 0 Å². The second-order valence-electron chi connectivity index (χ2n) is 7.86. The molecule has 0 aromatic heterocycles. The third-order valence-electron chi connectivity index (χ3n) is 4.36. The third kappa shape index (κ3) is 4.20. The van der Waals surface area contributed by atoms with Crippen molar-refractivity contribution in [1.29, 1.82) is 0 Å². The summed E-state index contributed by atoms with van der Waals surface area (Å²) in [6.07, 6.45) is -0.232. The molecule has 0 N–H and O–H groups in total. The molecule has 0 aliphatic rings. The molecule has 0 saturated heterocycles. The van der Waals surface area contributed by atoms with Crippen molar-refractivity contribution in [2.45, 2.75) is 46.3 Å². The summed E-state index contributed by atoms with van der Waals surface area (Å²) in [5.41, 5.74) is 0.740. The van der Waals surface area contributed by atoms with Crippen LogP contribution in [0.15, 0.2) is 60.7 Å². The van der Waals surface area contributed by atoms with Crippen molar-refractivity contribution in [2.24, 2.45) is 5.41 Å². The van der Waals surface area contributed by atoms with E-state index in [0.29, 0.717) is 5.56 Å². The average molecular weight is 353 g/mol. The molecule has 0 aliphatic carbocycles. The Kier molecular flexibility index (Phi) is 5.86. The first-order valence-corrected chi connectivity index (χ1v) is 8.87. The molecule has 25 heavy (non-hydrogen) atoms. The normalized spacial score (nSPS) is 13.4. The molecule has 3 nitrogen and oxygen atoms in total. The number of para-hydroxylation sites is 1. The minimum atomic E-state index is -0.589. The van der Waals surface area contributed by atoms with Gasteiger partial charge in [0.1, 0.15) is 0 Å². The lowest BCUT2D eigenvalue weighted by Crippen LogP contribution is -2.60. The van der Waals surface area contributed by atoms with E-state index in [9.17, 15) is 4.79 Å². The van der Waals surface area contributed by atoms with Crippen molar-refractivity contribution in [3.8, 4) is 0 Å². The topological polar surface area (TPSA) is 29.5 Å². The van der Waals surface area contributed by atoms with Gasteiger partial charge in [0.05, 0.1) is 11.6 Å². The summed E-state index contributed by atoms with van der Waals surface area (Å²) < 4.78 is 5.68. The number of amides is 1. The van der Waals surface area contributed by atoms with Crippen molar-refractivity contribution in [3.05, 3.63) is 66.2 Å². The van der Waals surface area contributed by atoms with Gasteiger partial charge in [0.15, 0.2) is 0 Å². The minimum absolute atomic E-state index is 0.0465. The lowest BCUT2D eigenvalue weighted by molar-refractivity contribution is 0.0331. The molecule has 2 aromatic carbocycles. The monoisotopic (exact) mass is 352 g/mol. The van der Waals surface area contributed by atoms with Crippen molar-refractivity contribution in [1.82, 2.24) is 0 Å². The molecule has 131 valence electrons. The molecule has 2 rings (SSSR count). The van der Waals surface area contributed by atoms with Crippen molar-refractivity contribution in [3.63, 3.8) is 0 Å². The molecule has 2 aromatic rings. The predicted molar refractivity (Wildman–Crippen MR) is 104 cm³/mol. The van der Waals surface area contributed by atoms with E-state index in [0.717, 1.165) is 5.69 Å². The first-order chi connectivity index (χ1) is 11.7. The van der Waals surface area contributed by atoms with Gasteiger partial charge in [-0.2, -0.15) is 0 Å². The molecule has 1 atom stereocenters. The first kappa shape index (κ1) is 19.4. The fourth-order valence-electron chi connectivity index (χ4n) is 3.50. The summed E-state index contributed by atoms with van der Waals surface area (Å²) in [7, 11) is 3.25. The smallest absolute Gasteiger partial charge is 0.258 e. The van der Waals surface area contributed by atoms with E-state index in [4.69, 9.17) is 4.43 Å². The van der Waals surface area contributed by atoms with Crippen LogP contribution in [0, 0.1) is 5.41 Å². The zero-order chi connectivity index (χ0) is 18.7. The van der Waals surface area contributed by atoms with Crippen LogP contribution in [0.3, 0.4) is 0 Å². The van der Waals surface area contributed by atoms with Crippen LogP contribution in [-0.2, 0) is 4.43 Å². The Hall–Kier alpha value is -1.91. The number of hydrogen-bond donors (Lipinski definition) is 0. The van der Waals surface area contributed by atoms with Gasteiger partial charge in [-0.05, 0) is 43.5 Å². The maximum absolute atomic E-state index is 13.4. The van der Waals surface area contributed by atoms with Crippen molar-refractivity contribution >= 4 is 22.1 Å². The van der Waals surface area contributed by atoms with Gasteiger partial charge >= 0.3 is 0 Å². The highest BCUT2D eigenvalue weighted by atomic mass is 28.2. The van der Waals surface area contributed by atoms with Crippen LogP contribution in [0.25, 0.3) is 0 Å². The van der Waals surface area contributed by atoms with E-state index in [1.807, 2.05) is 79.4 Å². The van der Waals surface area contributed by atoms with Crippen LogP contribution in [0.2, 0.25) is 0 Å². The molecule has 1 amide bonds. The van der Waals surface area contributed by atoms with Gasteiger partial charge in [0.2, 0.25) is 10.5 Å². The Balaban J connectivity index is 2.57. The van der Waals surface area contributed by atoms with Gasteiger partial charge < -0.3 is 9.33 Å². The Morgan fingerprint density at radius 1 is 0.920 bits per heavy atom. The SMILES string of the molecule is CC(C)(C)C(O[Si])C(C)(C)N(C(=O)c1ccccc1)c1ccccc1. The maximum Gasteiger partial charge on any atom is 0.258 e. The molecule has 0 bridgehead atoms. The Morgan fingerprint density at radius 2 is 1.40 bits per heavy atom. The molecule has 0 fully saturated rings. The standard InChI is InChI=1S/C21H26NO2Si/c1-20(2,3)19(24-25)21(4,5)22(17-14-10-7-11-15-17)18(23)16-12-8-6-9-13-16/h6-15,19H,1-5H3. The van der Waals surface area contributed by atoms with E-state index in [2.05, 4.69) is 31.3 Å². The Morgan fingerprint density at radius 3 is 1.84 bits per heavy atom. The van der Waals surface area contributed by atoms with Crippen LogP contribution >= 0.6 is 0 Å². The van der Waals surface area contributed by atoms with Gasteiger partial charge in [-0.25, -0.2) is 0 Å². The molecular formula is C21H26NO2Si. The van der Waals surface area contributed by atoms with Crippen molar-refractivity contribution < 1.29 is 9.22 Å². The number of hydrogen-bond acceptors (Lipinski definition) is 2. The van der Waals surface area contributed by atoms with Gasteiger partial charge in [-0.3, -0.25) is 4.79 Å². The van der Waals surface area contributed by atoms with Gasteiger partial charge in [-0.15, -0.1) is 0 Å². The number of anilines is 1. The van der Waals surface area contributed by atoms with Crippen LogP contribution in [0.4, 0.5) is 5.69 Å². The molecular weight excluding hydrogens is 326 g/mol. The third-order valence-corrected chi connectivity index (χ3v) is 4.60. The molecule has 0 aliphatic heterocycles. The first-order valence-electron chi connectivity index (χ1n) is 8.46. The zero-order valence-corrected chi connectivity index (χ0v) is 16.6. The molecule has 0 saturated carbocycles.